The van der Waals surface area contributed by atoms with E-state index in [1.807, 2.05) is 6.92 Å². The molecule has 0 spiro atoms. The molecule has 0 saturated heterocycles. The monoisotopic (exact) mass is 287 g/mol. The maximum absolute atomic E-state index is 13.8. The van der Waals surface area contributed by atoms with E-state index in [1.54, 1.807) is 0 Å². The molecular formula is C14H19F2NOS. The van der Waals surface area contributed by atoms with Crippen LogP contribution in [0.3, 0.4) is 0 Å². The molecule has 1 fully saturated rings. The third-order valence-electron chi connectivity index (χ3n) is 3.86. The molecule has 0 aromatic heterocycles. The van der Waals surface area contributed by atoms with Crippen molar-refractivity contribution < 1.29 is 13.0 Å². The van der Waals surface area contributed by atoms with Gasteiger partial charge in [0.15, 0.2) is 0 Å². The van der Waals surface area contributed by atoms with Gasteiger partial charge in [0.2, 0.25) is 0 Å². The lowest BCUT2D eigenvalue weighted by atomic mass is 9.87. The number of benzene rings is 1. The highest BCUT2D eigenvalue weighted by molar-refractivity contribution is 7.85. The molecule has 0 bridgehead atoms. The standard InChI is InChI=1S/C14H19F2NOS/c1-2-9-5-3-4-6-13(9)19(18)14-11(15)7-10(17)8-12(14)16/h7-9,13H,2-6,17H2,1H3. The first-order chi connectivity index (χ1) is 9.04. The predicted octanol–water partition coefficient (Wildman–Crippen LogP) is 3.62. The zero-order valence-electron chi connectivity index (χ0n) is 11.0. The van der Waals surface area contributed by atoms with Gasteiger partial charge in [-0.25, -0.2) is 8.78 Å². The molecule has 3 atom stereocenters. The van der Waals surface area contributed by atoms with Crippen LogP contribution in [0, 0.1) is 17.6 Å². The summed E-state index contributed by atoms with van der Waals surface area (Å²) < 4.78 is 40.2. The highest BCUT2D eigenvalue weighted by atomic mass is 32.2. The summed E-state index contributed by atoms with van der Waals surface area (Å²) in [6.07, 6.45) is 4.75. The van der Waals surface area contributed by atoms with E-state index in [0.717, 1.165) is 44.2 Å². The average molecular weight is 287 g/mol. The summed E-state index contributed by atoms with van der Waals surface area (Å²) in [7, 11) is -1.64. The first kappa shape index (κ1) is 14.4. The molecule has 1 aliphatic rings. The van der Waals surface area contributed by atoms with Crippen molar-refractivity contribution in [2.45, 2.75) is 49.2 Å². The molecule has 3 unspecified atom stereocenters. The van der Waals surface area contributed by atoms with Gasteiger partial charge in [0.05, 0.1) is 10.8 Å². The largest absolute Gasteiger partial charge is 0.399 e. The first-order valence-corrected chi connectivity index (χ1v) is 7.91. The molecule has 0 radical (unpaired) electrons. The summed E-state index contributed by atoms with van der Waals surface area (Å²) in [4.78, 5) is -0.306. The van der Waals surface area contributed by atoms with Crippen LogP contribution >= 0.6 is 0 Å². The van der Waals surface area contributed by atoms with E-state index in [0.29, 0.717) is 0 Å². The Morgan fingerprint density at radius 2 is 1.84 bits per heavy atom. The number of nitrogens with two attached hydrogens (primary N) is 1. The normalized spacial score (nSPS) is 25.2. The van der Waals surface area contributed by atoms with Crippen molar-refractivity contribution in [3.8, 4) is 0 Å². The van der Waals surface area contributed by atoms with Gasteiger partial charge >= 0.3 is 0 Å². The van der Waals surface area contributed by atoms with Crippen molar-refractivity contribution in [1.29, 1.82) is 0 Å². The fraction of sp³-hybridized carbons (Fsp3) is 0.571. The zero-order valence-corrected chi connectivity index (χ0v) is 11.8. The van der Waals surface area contributed by atoms with Gasteiger partial charge < -0.3 is 5.73 Å². The molecule has 0 heterocycles. The molecule has 0 amide bonds. The maximum atomic E-state index is 13.8. The molecule has 1 aromatic rings. The van der Waals surface area contributed by atoms with Crippen molar-refractivity contribution in [1.82, 2.24) is 0 Å². The number of hydrogen-bond acceptors (Lipinski definition) is 2. The highest BCUT2D eigenvalue weighted by Crippen LogP contribution is 2.34. The van der Waals surface area contributed by atoms with Gasteiger partial charge in [-0.05, 0) is 30.9 Å². The molecule has 5 heteroatoms. The van der Waals surface area contributed by atoms with E-state index in [1.165, 1.54) is 0 Å². The van der Waals surface area contributed by atoms with E-state index in [9.17, 15) is 13.0 Å². The molecule has 19 heavy (non-hydrogen) atoms. The van der Waals surface area contributed by atoms with E-state index in [-0.39, 0.29) is 21.8 Å². The average Bonchev–Trinajstić information content (AvgIpc) is 2.37. The summed E-state index contributed by atoms with van der Waals surface area (Å²) in [6.45, 7) is 2.04. The van der Waals surface area contributed by atoms with Crippen molar-refractivity contribution in [3.63, 3.8) is 0 Å². The zero-order chi connectivity index (χ0) is 14.0. The maximum Gasteiger partial charge on any atom is 0.144 e. The molecule has 106 valence electrons. The van der Waals surface area contributed by atoms with E-state index in [2.05, 4.69) is 0 Å². The van der Waals surface area contributed by atoms with Gasteiger partial charge in [0.25, 0.3) is 0 Å². The Bertz CT molecular complexity index is 469. The lowest BCUT2D eigenvalue weighted by Crippen LogP contribution is -2.29. The van der Waals surface area contributed by atoms with Crippen LogP contribution in [0.4, 0.5) is 14.5 Å². The second-order valence-corrected chi connectivity index (χ2v) is 6.71. The minimum Gasteiger partial charge on any atom is -0.399 e. The second-order valence-electron chi connectivity index (χ2n) is 5.10. The lowest BCUT2D eigenvalue weighted by molar-refractivity contribution is 0.354. The van der Waals surface area contributed by atoms with Crippen LogP contribution in [0.15, 0.2) is 17.0 Å². The van der Waals surface area contributed by atoms with Crippen LogP contribution in [0.1, 0.15) is 39.0 Å². The Balaban J connectivity index is 2.33. The molecule has 1 aromatic carbocycles. The van der Waals surface area contributed by atoms with E-state index in [4.69, 9.17) is 5.73 Å². The summed E-state index contributed by atoms with van der Waals surface area (Å²) in [5.74, 6) is -1.31. The first-order valence-electron chi connectivity index (χ1n) is 6.69. The Kier molecular flexibility index (Phi) is 4.55. The topological polar surface area (TPSA) is 43.1 Å². The third-order valence-corrected chi connectivity index (χ3v) is 5.82. The minimum atomic E-state index is -1.64. The van der Waals surface area contributed by atoms with Gasteiger partial charge in [0, 0.05) is 10.9 Å². The van der Waals surface area contributed by atoms with Gasteiger partial charge in [0.1, 0.15) is 16.5 Å². The summed E-state index contributed by atoms with van der Waals surface area (Å²) in [5, 5.41) is -0.147. The smallest absolute Gasteiger partial charge is 0.144 e. The van der Waals surface area contributed by atoms with Crippen molar-refractivity contribution in [2.75, 3.05) is 5.73 Å². The second kappa shape index (κ2) is 5.99. The summed E-state index contributed by atoms with van der Waals surface area (Å²) in [6, 6.07) is 2.08. The van der Waals surface area contributed by atoms with Crippen molar-refractivity contribution in [2.24, 2.45) is 5.92 Å². The van der Waals surface area contributed by atoms with Gasteiger partial charge in [-0.2, -0.15) is 0 Å². The molecule has 1 saturated carbocycles. The van der Waals surface area contributed by atoms with Crippen molar-refractivity contribution in [3.05, 3.63) is 23.8 Å². The fourth-order valence-corrected chi connectivity index (χ4v) is 4.71. The third kappa shape index (κ3) is 2.96. The van der Waals surface area contributed by atoms with Crippen LogP contribution in [0.2, 0.25) is 0 Å². The minimum absolute atomic E-state index is 0.0198. The fourth-order valence-electron chi connectivity index (χ4n) is 2.85. The Hall–Kier alpha value is -0.970. The molecule has 2 N–H and O–H groups in total. The van der Waals surface area contributed by atoms with Crippen LogP contribution in [-0.4, -0.2) is 9.46 Å². The Labute approximate surface area is 114 Å². The van der Waals surface area contributed by atoms with E-state index >= 15 is 0 Å². The highest BCUT2D eigenvalue weighted by Gasteiger charge is 2.32. The van der Waals surface area contributed by atoms with Gasteiger partial charge in [-0.15, -0.1) is 0 Å². The van der Waals surface area contributed by atoms with Crippen molar-refractivity contribution >= 4 is 16.5 Å². The van der Waals surface area contributed by atoms with Crippen LogP contribution in [-0.2, 0) is 10.8 Å². The van der Waals surface area contributed by atoms with Gasteiger partial charge in [-0.1, -0.05) is 26.2 Å². The molecule has 1 aliphatic carbocycles. The van der Waals surface area contributed by atoms with Crippen LogP contribution in [0.5, 0.6) is 0 Å². The Morgan fingerprint density at radius 3 is 2.42 bits per heavy atom. The predicted molar refractivity (Wildman–Crippen MR) is 73.2 cm³/mol. The number of rotatable bonds is 3. The van der Waals surface area contributed by atoms with Crippen LogP contribution in [0.25, 0.3) is 0 Å². The molecular weight excluding hydrogens is 268 g/mol. The number of anilines is 1. The SMILES string of the molecule is CCC1CCCCC1S(=O)c1c(F)cc(N)cc1F. The van der Waals surface area contributed by atoms with Crippen LogP contribution < -0.4 is 5.73 Å². The molecule has 0 aliphatic heterocycles. The summed E-state index contributed by atoms with van der Waals surface area (Å²) >= 11 is 0. The number of nitrogen functional groups attached to an aromatic ring is 1. The quantitative estimate of drug-likeness (QED) is 0.863. The Morgan fingerprint density at radius 1 is 1.26 bits per heavy atom. The lowest BCUT2D eigenvalue weighted by Gasteiger charge is -2.30. The summed E-state index contributed by atoms with van der Waals surface area (Å²) in [5.41, 5.74) is 5.40. The molecule has 2 rings (SSSR count). The van der Waals surface area contributed by atoms with E-state index < -0.39 is 22.4 Å². The number of halogens is 2. The molecule has 2 nitrogen and oxygen atoms in total. The number of hydrogen-bond donors (Lipinski definition) is 1. The van der Waals surface area contributed by atoms with Gasteiger partial charge in [-0.3, -0.25) is 4.21 Å².